The molecule has 3 N–H and O–H groups in total. The normalized spacial score (nSPS) is 10.1. The molecular weight excluding hydrogens is 680 g/mol. The summed E-state index contributed by atoms with van der Waals surface area (Å²) in [5.41, 5.74) is 10.0. The summed E-state index contributed by atoms with van der Waals surface area (Å²) in [6, 6.07) is 42.7. The Hall–Kier alpha value is -5.40. The molecule has 6 rings (SSSR count). The van der Waals surface area contributed by atoms with Crippen LogP contribution in [0.15, 0.2) is 133 Å². The highest BCUT2D eigenvalue weighted by molar-refractivity contribution is 9.08. The molecule has 6 aromatic carbocycles. The van der Waals surface area contributed by atoms with Gasteiger partial charge in [0.15, 0.2) is 23.0 Å². The maximum absolute atomic E-state index is 9.83. The summed E-state index contributed by atoms with van der Waals surface area (Å²) in [5, 5.41) is 28.6. The van der Waals surface area contributed by atoms with E-state index < -0.39 is 0 Å². The molecule has 49 heavy (non-hydrogen) atoms. The number of hydrogen-bond acceptors (Lipinski definition) is 6. The van der Waals surface area contributed by atoms with Gasteiger partial charge in [-0.1, -0.05) is 113 Å². The standard InChI is InChI=1S/C21H20O3.C14H13Br.C7H8O3/c1-15-17(9-6-10-19(15)16-7-4-3-5-8-16)14-24-18-11-12-21(23-2)20(22)13-18;1-11-13(10-15)8-5-9-14(11)12-6-3-2-4-7-12;1-10-7-3-2-5(8)4-6(7)9/h3-13,22H,14H2,1-2H3;2-9H,10H2,1H3;2-4,8-9H,1H3. The molecule has 0 radical (unpaired) electrons. The maximum atomic E-state index is 9.83. The average Bonchev–Trinajstić information content (AvgIpc) is 3.13. The van der Waals surface area contributed by atoms with E-state index in [1.807, 2.05) is 30.3 Å². The molecule has 0 bridgehead atoms. The van der Waals surface area contributed by atoms with E-state index in [4.69, 9.17) is 24.4 Å². The minimum atomic E-state index is -0.0532. The molecule has 0 unspecified atom stereocenters. The fourth-order valence-corrected chi connectivity index (χ4v) is 5.74. The fraction of sp³-hybridized carbons (Fsp3) is 0.143. The van der Waals surface area contributed by atoms with Gasteiger partial charge >= 0.3 is 0 Å². The van der Waals surface area contributed by atoms with Gasteiger partial charge in [0.2, 0.25) is 0 Å². The highest BCUT2D eigenvalue weighted by Crippen LogP contribution is 2.32. The predicted octanol–water partition coefficient (Wildman–Crippen LogP) is 10.6. The van der Waals surface area contributed by atoms with E-state index in [0.717, 1.165) is 10.9 Å². The SMILES string of the molecule is COc1ccc(O)cc1O.COc1ccc(OCc2cccc(-c3ccccc3)c2C)cc1O.Cc1c(CBr)cccc1-c1ccccc1. The molecule has 0 atom stereocenters. The smallest absolute Gasteiger partial charge is 0.161 e. The van der Waals surface area contributed by atoms with Crippen LogP contribution in [-0.2, 0) is 11.9 Å². The van der Waals surface area contributed by atoms with Crippen LogP contribution in [-0.4, -0.2) is 29.5 Å². The number of methoxy groups -OCH3 is 2. The molecule has 0 aromatic heterocycles. The van der Waals surface area contributed by atoms with Gasteiger partial charge in [-0.25, -0.2) is 0 Å². The average molecular weight is 722 g/mol. The molecule has 252 valence electrons. The number of aromatic hydroxyl groups is 3. The molecule has 6 aromatic rings. The van der Waals surface area contributed by atoms with Crippen molar-refractivity contribution in [3.8, 4) is 56.8 Å². The molecule has 0 aliphatic carbocycles. The van der Waals surface area contributed by atoms with Crippen LogP contribution < -0.4 is 14.2 Å². The van der Waals surface area contributed by atoms with Gasteiger partial charge in [-0.2, -0.15) is 0 Å². The van der Waals surface area contributed by atoms with Gasteiger partial charge in [0.25, 0.3) is 0 Å². The molecule has 6 nitrogen and oxygen atoms in total. The second kappa shape index (κ2) is 18.2. The highest BCUT2D eigenvalue weighted by atomic mass is 79.9. The lowest BCUT2D eigenvalue weighted by Crippen LogP contribution is -1.99. The monoisotopic (exact) mass is 720 g/mol. The Kier molecular flexibility index (Phi) is 13.6. The molecule has 7 heteroatoms. The molecular formula is C42H41BrO6. The number of rotatable bonds is 8. The van der Waals surface area contributed by atoms with Crippen molar-refractivity contribution >= 4 is 15.9 Å². The first-order valence-corrected chi connectivity index (χ1v) is 16.8. The third-order valence-corrected chi connectivity index (χ3v) is 8.52. The summed E-state index contributed by atoms with van der Waals surface area (Å²) < 4.78 is 15.6. The van der Waals surface area contributed by atoms with Crippen molar-refractivity contribution in [2.24, 2.45) is 0 Å². The lowest BCUT2D eigenvalue weighted by atomic mass is 9.97. The van der Waals surface area contributed by atoms with Crippen LogP contribution in [0, 0.1) is 13.8 Å². The molecule has 0 aliphatic heterocycles. The maximum Gasteiger partial charge on any atom is 0.161 e. The van der Waals surface area contributed by atoms with E-state index in [-0.39, 0.29) is 17.2 Å². The number of benzene rings is 6. The Morgan fingerprint density at radius 2 is 1.02 bits per heavy atom. The van der Waals surface area contributed by atoms with E-state index in [2.05, 4.69) is 96.5 Å². The number of phenols is 3. The molecule has 0 amide bonds. The molecule has 0 heterocycles. The van der Waals surface area contributed by atoms with E-state index in [1.165, 1.54) is 71.4 Å². The molecule has 0 fully saturated rings. The Labute approximate surface area is 297 Å². The Morgan fingerprint density at radius 3 is 1.51 bits per heavy atom. The summed E-state index contributed by atoms with van der Waals surface area (Å²) in [5.74, 6) is 1.45. The molecule has 0 spiro atoms. The van der Waals surface area contributed by atoms with Gasteiger partial charge in [0.05, 0.1) is 14.2 Å². The minimum Gasteiger partial charge on any atom is -0.508 e. The van der Waals surface area contributed by atoms with Gasteiger partial charge in [0, 0.05) is 17.5 Å². The van der Waals surface area contributed by atoms with E-state index in [0.29, 0.717) is 23.9 Å². The van der Waals surface area contributed by atoms with Gasteiger partial charge < -0.3 is 29.5 Å². The highest BCUT2D eigenvalue weighted by Gasteiger charge is 2.09. The fourth-order valence-electron chi connectivity index (χ4n) is 5.13. The van der Waals surface area contributed by atoms with Crippen molar-refractivity contribution in [1.29, 1.82) is 0 Å². The first-order chi connectivity index (χ1) is 23.7. The molecule has 0 saturated carbocycles. The Bertz CT molecular complexity index is 1930. The Morgan fingerprint density at radius 1 is 0.531 bits per heavy atom. The minimum absolute atomic E-state index is 0.0262. The van der Waals surface area contributed by atoms with Crippen molar-refractivity contribution in [3.63, 3.8) is 0 Å². The van der Waals surface area contributed by atoms with E-state index in [9.17, 15) is 5.11 Å². The van der Waals surface area contributed by atoms with Gasteiger partial charge in [-0.3, -0.25) is 0 Å². The molecule has 0 aliphatic rings. The zero-order valence-electron chi connectivity index (χ0n) is 28.1. The zero-order valence-corrected chi connectivity index (χ0v) is 29.6. The van der Waals surface area contributed by atoms with Crippen LogP contribution in [0.3, 0.4) is 0 Å². The lowest BCUT2D eigenvalue weighted by molar-refractivity contribution is 0.301. The Balaban J connectivity index is 0.000000184. The summed E-state index contributed by atoms with van der Waals surface area (Å²) >= 11 is 3.52. The number of alkyl halides is 1. The second-order valence-electron chi connectivity index (χ2n) is 11.0. The summed E-state index contributed by atoms with van der Waals surface area (Å²) in [6.45, 7) is 4.73. The number of halogens is 1. The number of hydrogen-bond donors (Lipinski definition) is 3. The van der Waals surface area contributed by atoms with E-state index >= 15 is 0 Å². The van der Waals surface area contributed by atoms with Crippen LogP contribution in [0.5, 0.6) is 34.5 Å². The van der Waals surface area contributed by atoms with Crippen LogP contribution >= 0.6 is 15.9 Å². The van der Waals surface area contributed by atoms with Crippen LogP contribution in [0.1, 0.15) is 22.3 Å². The number of phenolic OH excluding ortho intramolecular Hbond substituents is 3. The summed E-state index contributed by atoms with van der Waals surface area (Å²) in [4.78, 5) is 0. The lowest BCUT2D eigenvalue weighted by Gasteiger charge is -2.13. The largest absolute Gasteiger partial charge is 0.508 e. The van der Waals surface area contributed by atoms with Crippen molar-refractivity contribution in [2.45, 2.75) is 25.8 Å². The second-order valence-corrected chi connectivity index (χ2v) is 11.6. The van der Waals surface area contributed by atoms with Crippen molar-refractivity contribution < 1.29 is 29.5 Å². The van der Waals surface area contributed by atoms with E-state index in [1.54, 1.807) is 18.2 Å². The topological polar surface area (TPSA) is 88.4 Å². The van der Waals surface area contributed by atoms with Crippen LogP contribution in [0.2, 0.25) is 0 Å². The zero-order chi connectivity index (χ0) is 35.2. The van der Waals surface area contributed by atoms with Gasteiger partial charge in [-0.15, -0.1) is 0 Å². The van der Waals surface area contributed by atoms with Crippen molar-refractivity contribution in [1.82, 2.24) is 0 Å². The third kappa shape index (κ3) is 10.0. The van der Waals surface area contributed by atoms with Crippen LogP contribution in [0.4, 0.5) is 0 Å². The summed E-state index contributed by atoms with van der Waals surface area (Å²) in [6.07, 6.45) is 0. The number of ether oxygens (including phenoxy) is 3. The quantitative estimate of drug-likeness (QED) is 0.136. The van der Waals surface area contributed by atoms with Crippen molar-refractivity contribution in [2.75, 3.05) is 14.2 Å². The first kappa shape index (κ1) is 36.4. The van der Waals surface area contributed by atoms with Gasteiger partial charge in [-0.05, 0) is 82.6 Å². The first-order valence-electron chi connectivity index (χ1n) is 15.6. The predicted molar refractivity (Wildman–Crippen MR) is 201 cm³/mol. The summed E-state index contributed by atoms with van der Waals surface area (Å²) in [7, 11) is 2.97. The van der Waals surface area contributed by atoms with Crippen molar-refractivity contribution in [3.05, 3.63) is 156 Å². The van der Waals surface area contributed by atoms with Crippen LogP contribution in [0.25, 0.3) is 22.3 Å². The third-order valence-electron chi connectivity index (χ3n) is 7.91. The van der Waals surface area contributed by atoms with Gasteiger partial charge in [0.1, 0.15) is 18.1 Å². The molecule has 0 saturated heterocycles.